The first-order chi connectivity index (χ1) is 8.36. The van der Waals surface area contributed by atoms with Crippen molar-refractivity contribution in [1.82, 2.24) is 5.32 Å². The molecule has 3 heterocycles. The van der Waals surface area contributed by atoms with E-state index in [0.717, 1.165) is 34.2 Å². The molecule has 0 atom stereocenters. The molecule has 0 aromatic carbocycles. The normalized spacial score (nSPS) is 14.5. The minimum Gasteiger partial charge on any atom is -0.367 e. The molecule has 2 aromatic rings. The Morgan fingerprint density at radius 2 is 2.24 bits per heavy atom. The Morgan fingerprint density at radius 1 is 1.29 bits per heavy atom. The molecular formula is C12H10N2OS2. The minimum absolute atomic E-state index is 0.0904. The van der Waals surface area contributed by atoms with Crippen molar-refractivity contribution in [3.05, 3.63) is 44.3 Å². The van der Waals surface area contributed by atoms with E-state index < -0.39 is 0 Å². The monoisotopic (exact) mass is 262 g/mol. The maximum atomic E-state index is 12.3. The number of nitrogens with zero attached hydrogens (tertiary/aromatic N) is 1. The zero-order valence-corrected chi connectivity index (χ0v) is 10.6. The SMILES string of the molecule is O=C(c1cccs1)c1ccsc1C1=NCCN1. The quantitative estimate of drug-likeness (QED) is 0.863. The summed E-state index contributed by atoms with van der Waals surface area (Å²) in [6.45, 7) is 1.65. The second kappa shape index (κ2) is 4.43. The predicted molar refractivity (Wildman–Crippen MR) is 71.5 cm³/mol. The summed E-state index contributed by atoms with van der Waals surface area (Å²) in [4.78, 5) is 18.4. The highest BCUT2D eigenvalue weighted by molar-refractivity contribution is 7.13. The van der Waals surface area contributed by atoms with E-state index in [9.17, 15) is 4.79 Å². The Hall–Kier alpha value is -1.46. The number of carbonyl (C=O) groups excluding carboxylic acids is 1. The number of ketones is 1. The zero-order valence-electron chi connectivity index (χ0n) is 8.97. The standard InChI is InChI=1S/C12H10N2OS2/c15-10(9-2-1-6-16-9)8-3-7-17-11(8)12-13-4-5-14-12/h1-3,6-7H,4-5H2,(H,13,14). The summed E-state index contributed by atoms with van der Waals surface area (Å²) in [5.41, 5.74) is 0.755. The van der Waals surface area contributed by atoms with E-state index in [1.807, 2.05) is 29.0 Å². The number of hydrogen-bond donors (Lipinski definition) is 1. The van der Waals surface area contributed by atoms with Gasteiger partial charge in [0.05, 0.1) is 16.3 Å². The van der Waals surface area contributed by atoms with Crippen molar-refractivity contribution in [3.8, 4) is 0 Å². The third-order valence-corrected chi connectivity index (χ3v) is 4.33. The van der Waals surface area contributed by atoms with Gasteiger partial charge in [-0.2, -0.15) is 0 Å². The average molecular weight is 262 g/mol. The van der Waals surface area contributed by atoms with E-state index in [1.54, 1.807) is 11.3 Å². The van der Waals surface area contributed by atoms with Gasteiger partial charge in [-0.05, 0) is 22.9 Å². The lowest BCUT2D eigenvalue weighted by atomic mass is 10.1. The van der Waals surface area contributed by atoms with Gasteiger partial charge in [-0.15, -0.1) is 22.7 Å². The lowest BCUT2D eigenvalue weighted by molar-refractivity contribution is 0.104. The Labute approximate surface area is 107 Å². The molecule has 0 bridgehead atoms. The second-order valence-corrected chi connectivity index (χ2v) is 5.49. The highest BCUT2D eigenvalue weighted by atomic mass is 32.1. The molecule has 0 spiro atoms. The largest absolute Gasteiger partial charge is 0.367 e. The summed E-state index contributed by atoms with van der Waals surface area (Å²) in [6.07, 6.45) is 0. The lowest BCUT2D eigenvalue weighted by Gasteiger charge is -2.02. The maximum Gasteiger partial charge on any atom is 0.204 e. The molecule has 0 saturated carbocycles. The molecule has 86 valence electrons. The van der Waals surface area contributed by atoms with Gasteiger partial charge in [0.2, 0.25) is 5.78 Å². The highest BCUT2D eigenvalue weighted by Crippen LogP contribution is 2.23. The smallest absolute Gasteiger partial charge is 0.204 e. The van der Waals surface area contributed by atoms with Crippen LogP contribution in [0.4, 0.5) is 0 Å². The molecule has 2 aromatic heterocycles. The number of thiophene rings is 2. The topological polar surface area (TPSA) is 41.5 Å². The summed E-state index contributed by atoms with van der Waals surface area (Å²) in [7, 11) is 0. The van der Waals surface area contributed by atoms with Gasteiger partial charge >= 0.3 is 0 Å². The molecule has 0 aliphatic carbocycles. The Balaban J connectivity index is 1.99. The van der Waals surface area contributed by atoms with Crippen LogP contribution in [0.3, 0.4) is 0 Å². The van der Waals surface area contributed by atoms with Gasteiger partial charge in [0.25, 0.3) is 0 Å². The molecular weight excluding hydrogens is 252 g/mol. The summed E-state index contributed by atoms with van der Waals surface area (Å²) < 4.78 is 0. The molecule has 0 saturated heterocycles. The molecule has 0 fully saturated rings. The third kappa shape index (κ3) is 1.92. The number of hydrogen-bond acceptors (Lipinski definition) is 5. The van der Waals surface area contributed by atoms with Crippen LogP contribution in [0.25, 0.3) is 0 Å². The first-order valence-electron chi connectivity index (χ1n) is 5.30. The minimum atomic E-state index is 0.0904. The van der Waals surface area contributed by atoms with Crippen molar-refractivity contribution in [1.29, 1.82) is 0 Å². The fourth-order valence-corrected chi connectivity index (χ4v) is 3.32. The predicted octanol–water partition coefficient (Wildman–Crippen LogP) is 2.39. The summed E-state index contributed by atoms with van der Waals surface area (Å²) in [6, 6.07) is 5.64. The maximum absolute atomic E-state index is 12.3. The van der Waals surface area contributed by atoms with Gasteiger partial charge in [-0.25, -0.2) is 0 Å². The molecule has 5 heteroatoms. The van der Waals surface area contributed by atoms with Crippen LogP contribution >= 0.6 is 22.7 Å². The molecule has 1 N–H and O–H groups in total. The highest BCUT2D eigenvalue weighted by Gasteiger charge is 2.20. The van der Waals surface area contributed by atoms with E-state index >= 15 is 0 Å². The van der Waals surface area contributed by atoms with Crippen molar-refractivity contribution in [2.45, 2.75) is 0 Å². The zero-order chi connectivity index (χ0) is 11.7. The number of rotatable bonds is 3. The Morgan fingerprint density at radius 3 is 2.94 bits per heavy atom. The Bertz CT molecular complexity index is 569. The summed E-state index contributed by atoms with van der Waals surface area (Å²) in [5, 5.41) is 7.08. The van der Waals surface area contributed by atoms with Crippen molar-refractivity contribution >= 4 is 34.3 Å². The number of carbonyl (C=O) groups is 1. The van der Waals surface area contributed by atoms with Gasteiger partial charge in [-0.1, -0.05) is 6.07 Å². The van der Waals surface area contributed by atoms with E-state index in [1.165, 1.54) is 11.3 Å². The van der Waals surface area contributed by atoms with Crippen molar-refractivity contribution in [2.24, 2.45) is 4.99 Å². The van der Waals surface area contributed by atoms with Gasteiger partial charge < -0.3 is 5.32 Å². The van der Waals surface area contributed by atoms with E-state index in [-0.39, 0.29) is 5.78 Å². The molecule has 17 heavy (non-hydrogen) atoms. The van der Waals surface area contributed by atoms with Gasteiger partial charge in [0.1, 0.15) is 5.84 Å². The molecule has 0 amide bonds. The molecule has 1 aliphatic rings. The number of nitrogens with one attached hydrogen (secondary N) is 1. The molecule has 0 radical (unpaired) electrons. The van der Waals surface area contributed by atoms with E-state index in [0.29, 0.717) is 0 Å². The second-order valence-electron chi connectivity index (χ2n) is 3.63. The van der Waals surface area contributed by atoms with E-state index in [2.05, 4.69) is 10.3 Å². The van der Waals surface area contributed by atoms with Crippen LogP contribution in [-0.2, 0) is 0 Å². The van der Waals surface area contributed by atoms with Crippen molar-refractivity contribution < 1.29 is 4.79 Å². The molecule has 1 aliphatic heterocycles. The molecule has 3 rings (SSSR count). The third-order valence-electron chi connectivity index (χ3n) is 2.54. The fraction of sp³-hybridized carbons (Fsp3) is 0.167. The molecule has 0 unspecified atom stereocenters. The number of aliphatic imine (C=N–C) groups is 1. The number of amidine groups is 1. The van der Waals surface area contributed by atoms with Gasteiger partial charge in [0.15, 0.2) is 0 Å². The Kier molecular flexibility index (Phi) is 2.78. The first kappa shape index (κ1) is 10.7. The van der Waals surface area contributed by atoms with Crippen LogP contribution in [0.5, 0.6) is 0 Å². The lowest BCUT2D eigenvalue weighted by Crippen LogP contribution is -2.20. The van der Waals surface area contributed by atoms with Crippen molar-refractivity contribution in [3.63, 3.8) is 0 Å². The first-order valence-corrected chi connectivity index (χ1v) is 7.06. The van der Waals surface area contributed by atoms with Gasteiger partial charge in [-0.3, -0.25) is 9.79 Å². The van der Waals surface area contributed by atoms with Crippen LogP contribution in [-0.4, -0.2) is 24.7 Å². The van der Waals surface area contributed by atoms with Gasteiger partial charge in [0, 0.05) is 12.1 Å². The summed E-state index contributed by atoms with van der Waals surface area (Å²) in [5.74, 6) is 0.951. The van der Waals surface area contributed by atoms with E-state index in [4.69, 9.17) is 0 Å². The van der Waals surface area contributed by atoms with Crippen LogP contribution in [0.2, 0.25) is 0 Å². The summed E-state index contributed by atoms with van der Waals surface area (Å²) >= 11 is 3.04. The molecule has 3 nitrogen and oxygen atoms in total. The van der Waals surface area contributed by atoms with Crippen LogP contribution < -0.4 is 5.32 Å². The van der Waals surface area contributed by atoms with Crippen LogP contribution in [0.15, 0.2) is 34.0 Å². The average Bonchev–Trinajstić information content (AvgIpc) is 3.09. The van der Waals surface area contributed by atoms with Crippen LogP contribution in [0, 0.1) is 0 Å². The van der Waals surface area contributed by atoms with Crippen LogP contribution in [0.1, 0.15) is 20.1 Å². The van der Waals surface area contributed by atoms with Crippen molar-refractivity contribution in [2.75, 3.05) is 13.1 Å². The fourth-order valence-electron chi connectivity index (χ4n) is 1.76.